The van der Waals surface area contributed by atoms with Crippen molar-refractivity contribution in [2.24, 2.45) is 11.5 Å². The average Bonchev–Trinajstić information content (AvgIpc) is 2.58. The van der Waals surface area contributed by atoms with Gasteiger partial charge in [0.1, 0.15) is 11.8 Å². The molecule has 0 aliphatic carbocycles. The summed E-state index contributed by atoms with van der Waals surface area (Å²) in [6.07, 6.45) is 13.5. The van der Waals surface area contributed by atoms with Crippen molar-refractivity contribution in [3.8, 4) is 0 Å². The van der Waals surface area contributed by atoms with Crippen LogP contribution in [0.5, 0.6) is 0 Å². The van der Waals surface area contributed by atoms with Gasteiger partial charge in [0.15, 0.2) is 0 Å². The summed E-state index contributed by atoms with van der Waals surface area (Å²) in [6.45, 7) is 2.23. The molecular formula is C19H38N2O3. The Hall–Kier alpha value is -0.940. The Morgan fingerprint density at radius 3 is 1.83 bits per heavy atom. The molecule has 0 heterocycles. The number of hydrogen-bond acceptors (Lipinski definition) is 5. The smallest absolute Gasteiger partial charge is 0.322 e. The maximum absolute atomic E-state index is 12.0. The molecule has 5 heteroatoms. The maximum Gasteiger partial charge on any atom is 0.322 e. The molecule has 4 N–H and O–H groups in total. The van der Waals surface area contributed by atoms with E-state index in [-0.39, 0.29) is 5.78 Å². The van der Waals surface area contributed by atoms with Gasteiger partial charge in [0.25, 0.3) is 0 Å². The van der Waals surface area contributed by atoms with Crippen LogP contribution in [0, 0.1) is 0 Å². The Labute approximate surface area is 147 Å². The molecule has 0 bridgehead atoms. The zero-order chi connectivity index (χ0) is 18.2. The topological polar surface area (TPSA) is 95.4 Å². The van der Waals surface area contributed by atoms with Crippen molar-refractivity contribution in [1.29, 1.82) is 0 Å². The molecule has 0 saturated heterocycles. The third kappa shape index (κ3) is 12.5. The number of hydrogen-bond donors (Lipinski definition) is 2. The Kier molecular flexibility index (Phi) is 15.0. The lowest BCUT2D eigenvalue weighted by atomic mass is 9.99. The number of nitrogens with two attached hydrogens (primary N) is 2. The average molecular weight is 343 g/mol. The summed E-state index contributed by atoms with van der Waals surface area (Å²) in [5.74, 6) is -0.283. The van der Waals surface area contributed by atoms with Gasteiger partial charge < -0.3 is 16.2 Å². The first-order valence-corrected chi connectivity index (χ1v) is 9.64. The molecule has 5 nitrogen and oxygen atoms in total. The van der Waals surface area contributed by atoms with Gasteiger partial charge >= 0.3 is 5.97 Å². The van der Waals surface area contributed by atoms with E-state index in [9.17, 15) is 9.59 Å². The largest absolute Gasteiger partial charge is 0.468 e. The van der Waals surface area contributed by atoms with Gasteiger partial charge in [-0.1, -0.05) is 58.3 Å². The fourth-order valence-electron chi connectivity index (χ4n) is 2.78. The summed E-state index contributed by atoms with van der Waals surface area (Å²) in [7, 11) is 1.32. The molecule has 0 saturated carbocycles. The fraction of sp³-hybridized carbons (Fsp3) is 0.895. The number of unbranched alkanes of at least 4 members (excludes halogenated alkanes) is 8. The minimum absolute atomic E-state index is 0.129. The van der Waals surface area contributed by atoms with Crippen molar-refractivity contribution in [2.45, 2.75) is 102 Å². The standard InChI is InChI=1S/C19H38N2O3/c1-3-4-5-6-7-8-9-10-11-15-18(22)16(20)13-12-14-17(21)19(23)24-2/h16-17H,3-15,20-21H2,1-2H3/t16?,17-/m0/s1. The number of ketones is 1. The Balaban J connectivity index is 3.54. The van der Waals surface area contributed by atoms with Crippen LogP contribution in [0.4, 0.5) is 0 Å². The summed E-state index contributed by atoms with van der Waals surface area (Å²) in [6, 6.07) is -1.04. The van der Waals surface area contributed by atoms with E-state index in [4.69, 9.17) is 11.5 Å². The summed E-state index contributed by atoms with van der Waals surface area (Å²) in [4.78, 5) is 23.1. The zero-order valence-electron chi connectivity index (χ0n) is 15.7. The molecule has 0 rings (SSSR count). The number of carbonyl (C=O) groups excluding carboxylic acids is 2. The summed E-state index contributed by atoms with van der Waals surface area (Å²) in [5.41, 5.74) is 11.6. The van der Waals surface area contributed by atoms with Crippen LogP contribution in [0.15, 0.2) is 0 Å². The number of esters is 1. The van der Waals surface area contributed by atoms with Gasteiger partial charge in [-0.3, -0.25) is 9.59 Å². The molecule has 0 amide bonds. The third-order valence-electron chi connectivity index (χ3n) is 4.47. The van der Waals surface area contributed by atoms with Gasteiger partial charge in [-0.05, 0) is 25.7 Å². The van der Waals surface area contributed by atoms with Crippen LogP contribution in [0.25, 0.3) is 0 Å². The number of carbonyl (C=O) groups is 2. The second kappa shape index (κ2) is 15.6. The molecule has 0 spiro atoms. The van der Waals surface area contributed by atoms with Gasteiger partial charge in [-0.25, -0.2) is 0 Å². The lowest BCUT2D eigenvalue weighted by molar-refractivity contribution is -0.142. The first kappa shape index (κ1) is 23.1. The van der Waals surface area contributed by atoms with Gasteiger partial charge in [0.2, 0.25) is 0 Å². The van der Waals surface area contributed by atoms with E-state index in [1.807, 2.05) is 0 Å². The summed E-state index contributed by atoms with van der Waals surface area (Å²) >= 11 is 0. The van der Waals surface area contributed by atoms with Crippen LogP contribution in [0.1, 0.15) is 90.4 Å². The van der Waals surface area contributed by atoms with Crippen molar-refractivity contribution in [1.82, 2.24) is 0 Å². The van der Waals surface area contributed by atoms with Crippen molar-refractivity contribution in [2.75, 3.05) is 7.11 Å². The van der Waals surface area contributed by atoms with Crippen molar-refractivity contribution in [3.05, 3.63) is 0 Å². The first-order chi connectivity index (χ1) is 11.5. The highest BCUT2D eigenvalue weighted by atomic mass is 16.5. The molecule has 142 valence electrons. The SMILES string of the molecule is CCCCCCCCCCCC(=O)C(N)CCC[C@H](N)C(=O)OC. The van der Waals surface area contributed by atoms with Crippen LogP contribution >= 0.6 is 0 Å². The lowest BCUT2D eigenvalue weighted by Gasteiger charge is -2.12. The van der Waals surface area contributed by atoms with Crippen molar-refractivity contribution >= 4 is 11.8 Å². The van der Waals surface area contributed by atoms with E-state index in [0.717, 1.165) is 12.8 Å². The van der Waals surface area contributed by atoms with Crippen molar-refractivity contribution in [3.63, 3.8) is 0 Å². The second-order valence-corrected chi connectivity index (χ2v) is 6.71. The number of rotatable bonds is 16. The summed E-state index contributed by atoms with van der Waals surface area (Å²) in [5, 5.41) is 0. The number of Topliss-reactive ketones (excluding diaryl/α,β-unsaturated/α-hetero) is 1. The highest BCUT2D eigenvalue weighted by molar-refractivity contribution is 5.83. The first-order valence-electron chi connectivity index (χ1n) is 9.64. The molecule has 0 radical (unpaired) electrons. The lowest BCUT2D eigenvalue weighted by Crippen LogP contribution is -2.33. The van der Waals surface area contributed by atoms with Crippen LogP contribution in [-0.2, 0) is 14.3 Å². The van der Waals surface area contributed by atoms with E-state index in [1.54, 1.807) is 0 Å². The van der Waals surface area contributed by atoms with E-state index < -0.39 is 18.1 Å². The number of methoxy groups -OCH3 is 1. The predicted molar refractivity (Wildman–Crippen MR) is 98.7 cm³/mol. The van der Waals surface area contributed by atoms with E-state index >= 15 is 0 Å². The zero-order valence-corrected chi connectivity index (χ0v) is 15.7. The maximum atomic E-state index is 12.0. The minimum atomic E-state index is -0.616. The molecular weight excluding hydrogens is 304 g/mol. The van der Waals surface area contributed by atoms with Crippen molar-refractivity contribution < 1.29 is 14.3 Å². The Morgan fingerprint density at radius 2 is 1.29 bits per heavy atom. The quantitative estimate of drug-likeness (QED) is 0.331. The predicted octanol–water partition coefficient (Wildman–Crippen LogP) is 3.47. The van der Waals surface area contributed by atoms with E-state index in [1.165, 1.54) is 52.1 Å². The molecule has 24 heavy (non-hydrogen) atoms. The monoisotopic (exact) mass is 342 g/mol. The highest BCUT2D eigenvalue weighted by Crippen LogP contribution is 2.12. The second-order valence-electron chi connectivity index (χ2n) is 6.71. The highest BCUT2D eigenvalue weighted by Gasteiger charge is 2.16. The van der Waals surface area contributed by atoms with Gasteiger partial charge in [0, 0.05) is 6.42 Å². The Morgan fingerprint density at radius 1 is 0.792 bits per heavy atom. The molecule has 0 fully saturated rings. The van der Waals surface area contributed by atoms with Crippen LogP contribution in [0.2, 0.25) is 0 Å². The normalized spacial score (nSPS) is 13.5. The molecule has 1 unspecified atom stereocenters. The molecule has 0 aromatic carbocycles. The third-order valence-corrected chi connectivity index (χ3v) is 4.47. The molecule has 2 atom stereocenters. The van der Waals surface area contributed by atoms with E-state index in [2.05, 4.69) is 11.7 Å². The van der Waals surface area contributed by atoms with Crippen LogP contribution in [-0.4, -0.2) is 30.9 Å². The molecule has 0 aliphatic rings. The van der Waals surface area contributed by atoms with Gasteiger partial charge in [0.05, 0.1) is 13.2 Å². The van der Waals surface area contributed by atoms with E-state index in [0.29, 0.717) is 25.7 Å². The van der Waals surface area contributed by atoms with Gasteiger partial charge in [-0.2, -0.15) is 0 Å². The Bertz CT molecular complexity index is 335. The molecule has 0 aliphatic heterocycles. The van der Waals surface area contributed by atoms with Crippen LogP contribution < -0.4 is 11.5 Å². The number of ether oxygens (including phenoxy) is 1. The minimum Gasteiger partial charge on any atom is -0.468 e. The van der Waals surface area contributed by atoms with Crippen LogP contribution in [0.3, 0.4) is 0 Å². The summed E-state index contributed by atoms with van der Waals surface area (Å²) < 4.78 is 4.57. The molecule has 0 aromatic rings. The van der Waals surface area contributed by atoms with Gasteiger partial charge in [-0.15, -0.1) is 0 Å². The fourth-order valence-corrected chi connectivity index (χ4v) is 2.78. The molecule has 0 aromatic heterocycles.